The fraction of sp³-hybridized carbons (Fsp3) is 0.320. The Kier molecular flexibility index (Phi) is 6.90. The van der Waals surface area contributed by atoms with E-state index in [4.69, 9.17) is 21.6 Å². The van der Waals surface area contributed by atoms with Crippen LogP contribution in [0.1, 0.15) is 20.8 Å². The molecule has 34 heavy (non-hydrogen) atoms. The molecule has 0 saturated carbocycles. The topological polar surface area (TPSA) is 83.0 Å². The van der Waals surface area contributed by atoms with Crippen molar-refractivity contribution >= 4 is 34.0 Å². The summed E-state index contributed by atoms with van der Waals surface area (Å²) in [5.74, 6) is 1.52. The molecule has 4 aromatic rings. The Morgan fingerprint density at radius 1 is 0.941 bits per heavy atom. The van der Waals surface area contributed by atoms with E-state index in [1.807, 2.05) is 31.3 Å². The quantitative estimate of drug-likeness (QED) is 0.358. The molecule has 1 unspecified atom stereocenters. The summed E-state index contributed by atoms with van der Waals surface area (Å²) in [5.41, 5.74) is 5.83. The third-order valence-corrected chi connectivity index (χ3v) is 6.51. The Bertz CT molecular complexity index is 1260. The van der Waals surface area contributed by atoms with E-state index in [9.17, 15) is 0 Å². The minimum absolute atomic E-state index is 0.114. The predicted molar refractivity (Wildman–Crippen MR) is 138 cm³/mol. The van der Waals surface area contributed by atoms with Crippen molar-refractivity contribution in [1.29, 1.82) is 0 Å². The highest BCUT2D eigenvalue weighted by molar-refractivity contribution is 6.33. The number of nitrogens with one attached hydrogen (secondary N) is 1. The number of halogens is 1. The van der Waals surface area contributed by atoms with Crippen molar-refractivity contribution in [2.45, 2.75) is 26.8 Å². The monoisotopic (exact) mass is 476 g/mol. The molecule has 4 rings (SSSR count). The van der Waals surface area contributed by atoms with Gasteiger partial charge in [0.15, 0.2) is 5.82 Å². The van der Waals surface area contributed by atoms with Gasteiger partial charge in [0.2, 0.25) is 0 Å². The van der Waals surface area contributed by atoms with Gasteiger partial charge in [-0.05, 0) is 36.6 Å². The lowest BCUT2D eigenvalue weighted by molar-refractivity contribution is 0.155. The van der Waals surface area contributed by atoms with Crippen LogP contribution in [0.5, 0.6) is 0 Å². The van der Waals surface area contributed by atoms with E-state index in [0.717, 1.165) is 34.5 Å². The summed E-state index contributed by atoms with van der Waals surface area (Å²) in [6.45, 7) is 7.44. The van der Waals surface area contributed by atoms with Gasteiger partial charge in [0.1, 0.15) is 5.82 Å². The van der Waals surface area contributed by atoms with E-state index < -0.39 is 0 Å². The van der Waals surface area contributed by atoms with Crippen molar-refractivity contribution in [1.82, 2.24) is 29.9 Å². The molecule has 0 aliphatic rings. The van der Waals surface area contributed by atoms with Crippen molar-refractivity contribution in [3.63, 3.8) is 0 Å². The first-order chi connectivity index (χ1) is 16.3. The van der Waals surface area contributed by atoms with Crippen LogP contribution in [-0.4, -0.2) is 56.6 Å². The lowest BCUT2D eigenvalue weighted by atomic mass is 9.84. The van der Waals surface area contributed by atoms with Gasteiger partial charge in [-0.2, -0.15) is 0 Å². The molecular weight excluding hydrogens is 448 g/mol. The molecule has 1 N–H and O–H groups in total. The first-order valence-electron chi connectivity index (χ1n) is 11.1. The number of hydrazine groups is 1. The van der Waals surface area contributed by atoms with Gasteiger partial charge in [-0.1, -0.05) is 25.4 Å². The minimum Gasteiger partial charge on any atom is -0.358 e. The Balaban J connectivity index is 1.60. The second-order valence-corrected chi connectivity index (χ2v) is 9.51. The highest BCUT2D eigenvalue weighted by Gasteiger charge is 2.31. The number of anilines is 2. The molecule has 1 atom stereocenters. The molecule has 0 radical (unpaired) electrons. The van der Waals surface area contributed by atoms with Gasteiger partial charge in [0.25, 0.3) is 0 Å². The van der Waals surface area contributed by atoms with Crippen molar-refractivity contribution in [3.05, 3.63) is 66.5 Å². The van der Waals surface area contributed by atoms with Crippen LogP contribution in [0.25, 0.3) is 22.3 Å². The highest BCUT2D eigenvalue weighted by Crippen LogP contribution is 2.32. The molecule has 4 aromatic heterocycles. The van der Waals surface area contributed by atoms with Crippen LogP contribution in [0.3, 0.4) is 0 Å². The second-order valence-electron chi connectivity index (χ2n) is 9.10. The number of nitrogens with zero attached hydrogens (tertiary/aromatic N) is 7. The molecule has 0 spiro atoms. The largest absolute Gasteiger partial charge is 0.358 e. The van der Waals surface area contributed by atoms with Gasteiger partial charge < -0.3 is 10.3 Å². The van der Waals surface area contributed by atoms with Gasteiger partial charge in [0, 0.05) is 68.6 Å². The number of hydrogen-bond acceptors (Lipinski definition) is 8. The Hall–Kier alpha value is -3.36. The summed E-state index contributed by atoms with van der Waals surface area (Å²) in [5, 5.41) is 3.63. The molecule has 0 bridgehead atoms. The average molecular weight is 477 g/mol. The second kappa shape index (κ2) is 9.87. The molecule has 0 saturated heterocycles. The molecule has 0 fully saturated rings. The Labute approximate surface area is 205 Å². The number of aromatic nitrogens is 5. The van der Waals surface area contributed by atoms with Crippen molar-refractivity contribution in [2.75, 3.05) is 31.0 Å². The summed E-state index contributed by atoms with van der Waals surface area (Å²) < 4.78 is 0. The maximum atomic E-state index is 6.29. The smallest absolute Gasteiger partial charge is 0.162 e. The number of pyridine rings is 3. The van der Waals surface area contributed by atoms with Gasteiger partial charge in [-0.3, -0.25) is 15.0 Å². The summed E-state index contributed by atoms with van der Waals surface area (Å²) in [6.07, 6.45) is 10.4. The van der Waals surface area contributed by atoms with E-state index in [2.05, 4.69) is 58.1 Å². The third-order valence-electron chi connectivity index (χ3n) is 6.21. The Morgan fingerprint density at radius 2 is 1.62 bits per heavy atom. The summed E-state index contributed by atoms with van der Waals surface area (Å²) in [4.78, 5) is 24.3. The molecular formula is C25H29ClN8. The maximum Gasteiger partial charge on any atom is 0.162 e. The van der Waals surface area contributed by atoms with Crippen LogP contribution >= 0.6 is 11.6 Å². The molecule has 9 heteroatoms. The molecule has 0 aliphatic heterocycles. The van der Waals surface area contributed by atoms with E-state index in [1.54, 1.807) is 37.2 Å². The Morgan fingerprint density at radius 3 is 2.35 bits per heavy atom. The van der Waals surface area contributed by atoms with Crippen molar-refractivity contribution in [3.8, 4) is 11.4 Å². The van der Waals surface area contributed by atoms with Crippen LogP contribution in [0.15, 0.2) is 61.4 Å². The zero-order valence-corrected chi connectivity index (χ0v) is 20.8. The molecule has 176 valence electrons. The van der Waals surface area contributed by atoms with E-state index >= 15 is 0 Å². The van der Waals surface area contributed by atoms with Gasteiger partial charge in [0.05, 0.1) is 22.4 Å². The van der Waals surface area contributed by atoms with Crippen LogP contribution in [0.4, 0.5) is 11.5 Å². The van der Waals surface area contributed by atoms with Gasteiger partial charge >= 0.3 is 0 Å². The fourth-order valence-corrected chi connectivity index (χ4v) is 4.14. The van der Waals surface area contributed by atoms with Gasteiger partial charge in [-0.15, -0.1) is 0 Å². The number of hydrogen-bond donors (Lipinski definition) is 1. The summed E-state index contributed by atoms with van der Waals surface area (Å²) >= 11 is 6.29. The summed E-state index contributed by atoms with van der Waals surface area (Å²) in [7, 11) is 4.09. The lowest BCUT2D eigenvalue weighted by Crippen LogP contribution is -2.49. The zero-order valence-electron chi connectivity index (χ0n) is 20.1. The fourth-order valence-electron chi connectivity index (χ4n) is 3.98. The van der Waals surface area contributed by atoms with Crippen molar-refractivity contribution < 1.29 is 0 Å². The molecule has 8 nitrogen and oxygen atoms in total. The van der Waals surface area contributed by atoms with Crippen LogP contribution in [0, 0.1) is 5.41 Å². The molecule has 4 heterocycles. The minimum atomic E-state index is -0.114. The lowest BCUT2D eigenvalue weighted by Gasteiger charge is -2.41. The van der Waals surface area contributed by atoms with Crippen LogP contribution < -0.4 is 10.3 Å². The molecule has 0 amide bonds. The standard InChI is InChI=1S/C25H29ClN8/c1-17(34(5)32-21-9-13-28-14-20(21)26)25(2,3)16-33(4)24-19-8-12-29-15-22(19)30-23(31-24)18-6-10-27-11-7-18/h6-15,17H,16H2,1-5H3,(H,28,32). The van der Waals surface area contributed by atoms with Gasteiger partial charge in [-0.25, -0.2) is 15.0 Å². The van der Waals surface area contributed by atoms with Crippen LogP contribution in [0.2, 0.25) is 5.02 Å². The maximum absolute atomic E-state index is 6.29. The third kappa shape index (κ3) is 5.08. The summed E-state index contributed by atoms with van der Waals surface area (Å²) in [6, 6.07) is 7.82. The SMILES string of the molecule is CC(N(C)Nc1ccncc1Cl)C(C)(C)CN(C)c1nc(-c2ccncc2)nc2cnccc12. The van der Waals surface area contributed by atoms with Crippen LogP contribution in [-0.2, 0) is 0 Å². The predicted octanol–water partition coefficient (Wildman–Crippen LogP) is 4.95. The number of rotatable bonds is 8. The molecule has 0 aliphatic carbocycles. The normalized spacial score (nSPS) is 12.7. The first-order valence-corrected chi connectivity index (χ1v) is 11.5. The average Bonchev–Trinajstić information content (AvgIpc) is 2.84. The van der Waals surface area contributed by atoms with E-state index in [0.29, 0.717) is 10.8 Å². The molecule has 0 aromatic carbocycles. The first kappa shape index (κ1) is 23.8. The number of fused-ring (bicyclic) bond motifs is 1. The van der Waals surface area contributed by atoms with Crippen molar-refractivity contribution in [2.24, 2.45) is 5.41 Å². The van der Waals surface area contributed by atoms with E-state index in [-0.39, 0.29) is 11.5 Å². The highest BCUT2D eigenvalue weighted by atomic mass is 35.5. The zero-order chi connectivity index (χ0) is 24.3. The van der Waals surface area contributed by atoms with E-state index in [1.165, 1.54) is 0 Å².